The van der Waals surface area contributed by atoms with Crippen LogP contribution in [0.25, 0.3) is 21.7 Å². The predicted octanol–water partition coefficient (Wildman–Crippen LogP) is 5.57. The fourth-order valence-corrected chi connectivity index (χ4v) is 5.86. The van der Waals surface area contributed by atoms with E-state index in [9.17, 15) is 4.79 Å². The van der Waals surface area contributed by atoms with Crippen LogP contribution < -0.4 is 20.1 Å². The third-order valence-corrected chi connectivity index (χ3v) is 7.56. The van der Waals surface area contributed by atoms with E-state index in [-0.39, 0.29) is 29.9 Å². The van der Waals surface area contributed by atoms with Gasteiger partial charge in [-0.25, -0.2) is 9.97 Å². The fraction of sp³-hybridized carbons (Fsp3) is 0.300. The summed E-state index contributed by atoms with van der Waals surface area (Å²) in [4.78, 5) is 21.3. The number of piperidine rings is 2. The van der Waals surface area contributed by atoms with Gasteiger partial charge in [0, 0.05) is 40.5 Å². The van der Waals surface area contributed by atoms with Crippen molar-refractivity contribution in [2.24, 2.45) is 5.92 Å². The number of carbonyl (C=O) groups excluding carboxylic acids is 1. The number of carbonyl (C=O) groups is 1. The zero-order valence-electron chi connectivity index (χ0n) is 20.8. The molecule has 3 aromatic carbocycles. The molecule has 7 nitrogen and oxygen atoms in total. The van der Waals surface area contributed by atoms with E-state index in [1.54, 1.807) is 13.4 Å². The number of ketones is 1. The number of ether oxygens (including phenoxy) is 2. The van der Waals surface area contributed by atoms with Gasteiger partial charge in [0.1, 0.15) is 18.2 Å². The van der Waals surface area contributed by atoms with E-state index in [0.29, 0.717) is 17.3 Å². The third-order valence-electron chi connectivity index (χ3n) is 7.56. The molecule has 0 amide bonds. The SMILES string of the molecule is C=CC(=O)C1CC2CC(Oc3cc4c(Nc5cccc6ccccc56)ncnc4cc3OC)CC(C1)N2. The molecule has 4 aromatic rings. The summed E-state index contributed by atoms with van der Waals surface area (Å²) in [5.74, 6) is 2.24. The van der Waals surface area contributed by atoms with Gasteiger partial charge in [-0.1, -0.05) is 43.0 Å². The molecule has 188 valence electrons. The molecule has 2 aliphatic rings. The largest absolute Gasteiger partial charge is 0.493 e. The van der Waals surface area contributed by atoms with Crippen LogP contribution in [0, 0.1) is 5.92 Å². The number of anilines is 2. The third kappa shape index (κ3) is 4.62. The van der Waals surface area contributed by atoms with Gasteiger partial charge in [-0.15, -0.1) is 0 Å². The minimum Gasteiger partial charge on any atom is -0.493 e. The number of aromatic nitrogens is 2. The van der Waals surface area contributed by atoms with Crippen LogP contribution in [0.2, 0.25) is 0 Å². The summed E-state index contributed by atoms with van der Waals surface area (Å²) in [7, 11) is 1.65. The number of hydrogen-bond donors (Lipinski definition) is 2. The Morgan fingerprint density at radius 3 is 2.57 bits per heavy atom. The minimum atomic E-state index is 0.0292. The number of methoxy groups -OCH3 is 1. The van der Waals surface area contributed by atoms with Crippen molar-refractivity contribution >= 4 is 39.0 Å². The lowest BCUT2D eigenvalue weighted by atomic mass is 9.77. The monoisotopic (exact) mass is 494 g/mol. The average Bonchev–Trinajstić information content (AvgIpc) is 2.92. The molecule has 1 aromatic heterocycles. The van der Waals surface area contributed by atoms with Gasteiger partial charge in [-0.05, 0) is 49.3 Å². The van der Waals surface area contributed by atoms with E-state index in [1.807, 2.05) is 30.3 Å². The van der Waals surface area contributed by atoms with Crippen LogP contribution in [0.4, 0.5) is 11.5 Å². The van der Waals surface area contributed by atoms with Gasteiger partial charge in [-0.3, -0.25) is 4.79 Å². The van der Waals surface area contributed by atoms with E-state index in [1.165, 1.54) is 6.08 Å². The molecular weight excluding hydrogens is 464 g/mol. The van der Waals surface area contributed by atoms with Crippen LogP contribution in [0.1, 0.15) is 25.7 Å². The molecule has 0 aliphatic carbocycles. The van der Waals surface area contributed by atoms with Crippen LogP contribution in [-0.2, 0) is 4.79 Å². The van der Waals surface area contributed by atoms with Crippen LogP contribution in [0.5, 0.6) is 11.5 Å². The Kier molecular flexibility index (Phi) is 6.22. The molecular formula is C30H30N4O3. The molecule has 0 radical (unpaired) electrons. The fourth-order valence-electron chi connectivity index (χ4n) is 5.86. The number of benzene rings is 3. The number of nitrogens with zero attached hydrogens (tertiary/aromatic N) is 2. The van der Waals surface area contributed by atoms with Gasteiger partial charge in [0.05, 0.1) is 12.6 Å². The van der Waals surface area contributed by atoms with Gasteiger partial charge < -0.3 is 20.1 Å². The maximum Gasteiger partial charge on any atom is 0.162 e. The van der Waals surface area contributed by atoms with Crippen LogP contribution in [-0.4, -0.2) is 41.0 Å². The van der Waals surface area contributed by atoms with Gasteiger partial charge in [0.2, 0.25) is 0 Å². The second-order valence-corrected chi connectivity index (χ2v) is 9.94. The highest BCUT2D eigenvalue weighted by Crippen LogP contribution is 2.39. The van der Waals surface area contributed by atoms with Gasteiger partial charge in [0.25, 0.3) is 0 Å². The number of nitrogens with one attached hydrogen (secondary N) is 2. The Hall–Kier alpha value is -3.97. The molecule has 2 N–H and O–H groups in total. The van der Waals surface area contributed by atoms with Crippen molar-refractivity contribution in [3.63, 3.8) is 0 Å². The first-order chi connectivity index (χ1) is 18.1. The van der Waals surface area contributed by atoms with E-state index >= 15 is 0 Å². The van der Waals surface area contributed by atoms with Crippen LogP contribution >= 0.6 is 0 Å². The standard InChI is InChI=1S/C30H30N4O3/c1-3-27(35)19-11-20-13-22(14-21(12-19)33-20)37-29-15-24-26(16-28(29)36-2)31-17-32-30(24)34-25-10-6-8-18-7-4-5-9-23(18)25/h3-10,15-17,19-22,33H,1,11-14H2,2H3,(H,31,32,34). The molecule has 7 heteroatoms. The predicted molar refractivity (Wildman–Crippen MR) is 146 cm³/mol. The number of hydrogen-bond acceptors (Lipinski definition) is 7. The van der Waals surface area contributed by atoms with E-state index in [2.05, 4.69) is 51.4 Å². The molecule has 2 aliphatic heterocycles. The van der Waals surface area contributed by atoms with Crippen molar-refractivity contribution in [1.29, 1.82) is 0 Å². The van der Waals surface area contributed by atoms with Gasteiger partial charge in [0.15, 0.2) is 17.3 Å². The van der Waals surface area contributed by atoms with Crippen molar-refractivity contribution < 1.29 is 14.3 Å². The summed E-state index contributed by atoms with van der Waals surface area (Å²) in [6, 6.07) is 18.8. The number of allylic oxidation sites excluding steroid dienone is 1. The Morgan fingerprint density at radius 1 is 1.00 bits per heavy atom. The lowest BCUT2D eigenvalue weighted by molar-refractivity contribution is -0.120. The lowest BCUT2D eigenvalue weighted by Crippen LogP contribution is -2.54. The Labute approximate surface area is 215 Å². The zero-order chi connectivity index (χ0) is 25.4. The quantitative estimate of drug-likeness (QED) is 0.325. The molecule has 37 heavy (non-hydrogen) atoms. The molecule has 2 saturated heterocycles. The molecule has 2 bridgehead atoms. The minimum absolute atomic E-state index is 0.0292. The van der Waals surface area contributed by atoms with Crippen LogP contribution in [0.3, 0.4) is 0 Å². The van der Waals surface area contributed by atoms with Gasteiger partial charge in [-0.2, -0.15) is 0 Å². The summed E-state index contributed by atoms with van der Waals surface area (Å²) in [5, 5.41) is 10.3. The smallest absolute Gasteiger partial charge is 0.162 e. The topological polar surface area (TPSA) is 85.4 Å². The van der Waals surface area contributed by atoms with E-state index < -0.39 is 0 Å². The molecule has 2 fully saturated rings. The van der Waals surface area contributed by atoms with Crippen molar-refractivity contribution in [3.8, 4) is 11.5 Å². The molecule has 2 unspecified atom stereocenters. The normalized spacial score (nSPS) is 22.9. The zero-order valence-corrected chi connectivity index (χ0v) is 20.8. The molecule has 6 rings (SSSR count). The summed E-state index contributed by atoms with van der Waals surface area (Å²) in [5.41, 5.74) is 1.75. The average molecular weight is 495 g/mol. The molecule has 2 atom stereocenters. The summed E-state index contributed by atoms with van der Waals surface area (Å²) in [6.45, 7) is 3.67. The molecule has 3 heterocycles. The Morgan fingerprint density at radius 2 is 1.78 bits per heavy atom. The first kappa shape index (κ1) is 23.4. The molecule has 0 spiro atoms. The highest BCUT2D eigenvalue weighted by Gasteiger charge is 2.38. The Bertz CT molecular complexity index is 1470. The highest BCUT2D eigenvalue weighted by atomic mass is 16.5. The van der Waals surface area contributed by atoms with Crippen molar-refractivity contribution in [1.82, 2.24) is 15.3 Å². The molecule has 0 saturated carbocycles. The maximum atomic E-state index is 12.2. The van der Waals surface area contributed by atoms with Gasteiger partial charge >= 0.3 is 0 Å². The van der Waals surface area contributed by atoms with Crippen LogP contribution in [0.15, 0.2) is 73.6 Å². The first-order valence-corrected chi connectivity index (χ1v) is 12.8. The summed E-state index contributed by atoms with van der Waals surface area (Å²) in [6.07, 6.45) is 6.37. The summed E-state index contributed by atoms with van der Waals surface area (Å²) >= 11 is 0. The second kappa shape index (κ2) is 9.82. The highest BCUT2D eigenvalue weighted by molar-refractivity contribution is 5.99. The first-order valence-electron chi connectivity index (χ1n) is 12.8. The van der Waals surface area contributed by atoms with E-state index in [4.69, 9.17) is 9.47 Å². The lowest BCUT2D eigenvalue weighted by Gasteiger charge is -2.43. The van der Waals surface area contributed by atoms with Crippen molar-refractivity contribution in [3.05, 3.63) is 73.6 Å². The number of fused-ring (bicyclic) bond motifs is 4. The second-order valence-electron chi connectivity index (χ2n) is 9.94. The van der Waals surface area contributed by atoms with Crippen molar-refractivity contribution in [2.45, 2.75) is 43.9 Å². The number of rotatable bonds is 7. The maximum absolute atomic E-state index is 12.2. The Balaban J connectivity index is 1.29. The summed E-state index contributed by atoms with van der Waals surface area (Å²) < 4.78 is 12.3. The van der Waals surface area contributed by atoms with E-state index in [0.717, 1.165) is 53.0 Å². The van der Waals surface area contributed by atoms with Crippen molar-refractivity contribution in [2.75, 3.05) is 12.4 Å².